The minimum atomic E-state index is -0.916. The Morgan fingerprint density at radius 2 is 2.08 bits per heavy atom. The van der Waals surface area contributed by atoms with Gasteiger partial charge < -0.3 is 15.3 Å². The monoisotopic (exact) mass is 345 g/mol. The van der Waals surface area contributed by atoms with E-state index >= 15 is 0 Å². The van der Waals surface area contributed by atoms with Gasteiger partial charge in [-0.05, 0) is 31.0 Å². The number of amides is 1. The number of likely N-dealkylation sites (tertiary alicyclic amines) is 1. The lowest BCUT2D eigenvalue weighted by molar-refractivity contribution is 0.155. The Morgan fingerprint density at radius 3 is 2.72 bits per heavy atom. The van der Waals surface area contributed by atoms with E-state index in [-0.39, 0.29) is 17.8 Å². The molecule has 2 N–H and O–H groups in total. The second kappa shape index (κ2) is 7.00. The summed E-state index contributed by atoms with van der Waals surface area (Å²) >= 11 is 0. The van der Waals surface area contributed by atoms with Crippen LogP contribution in [0.2, 0.25) is 0 Å². The Balaban J connectivity index is 1.83. The molecule has 2 aromatic rings. The normalized spacial score (nSPS) is 18.2. The summed E-state index contributed by atoms with van der Waals surface area (Å²) in [6.07, 6.45) is -0.208. The van der Waals surface area contributed by atoms with Gasteiger partial charge in [0.2, 0.25) is 0 Å². The SMILES string of the molecule is Cc1nnc([C@H](C)c2ccc(F)cc2)c(N[C@@H]2CCN(C(=O)O)C2)n1. The van der Waals surface area contributed by atoms with Crippen molar-refractivity contribution in [3.8, 4) is 0 Å². The lowest BCUT2D eigenvalue weighted by Gasteiger charge is -2.19. The van der Waals surface area contributed by atoms with Crippen LogP contribution in [0.1, 0.15) is 36.3 Å². The van der Waals surface area contributed by atoms with Gasteiger partial charge in [0.1, 0.15) is 17.3 Å². The van der Waals surface area contributed by atoms with Crippen molar-refractivity contribution in [3.63, 3.8) is 0 Å². The van der Waals surface area contributed by atoms with E-state index in [1.165, 1.54) is 17.0 Å². The third kappa shape index (κ3) is 3.84. The van der Waals surface area contributed by atoms with Crippen molar-refractivity contribution >= 4 is 11.9 Å². The summed E-state index contributed by atoms with van der Waals surface area (Å²) in [5.41, 5.74) is 1.56. The minimum absolute atomic E-state index is 0.0219. The van der Waals surface area contributed by atoms with Crippen molar-refractivity contribution in [1.29, 1.82) is 0 Å². The van der Waals surface area contributed by atoms with E-state index in [1.54, 1.807) is 19.1 Å². The number of hydrogen-bond donors (Lipinski definition) is 2. The summed E-state index contributed by atoms with van der Waals surface area (Å²) in [5.74, 6) is 0.718. The highest BCUT2D eigenvalue weighted by Crippen LogP contribution is 2.28. The highest BCUT2D eigenvalue weighted by atomic mass is 19.1. The predicted octanol–water partition coefficient (Wildman–Crippen LogP) is 2.64. The summed E-state index contributed by atoms with van der Waals surface area (Å²) < 4.78 is 13.2. The first kappa shape index (κ1) is 17.1. The molecular weight excluding hydrogens is 325 g/mol. The molecule has 2 heterocycles. The van der Waals surface area contributed by atoms with Crippen LogP contribution in [0, 0.1) is 12.7 Å². The summed E-state index contributed by atoms with van der Waals surface area (Å²) in [4.78, 5) is 16.9. The molecule has 0 saturated carbocycles. The average Bonchev–Trinajstić information content (AvgIpc) is 3.04. The molecule has 1 fully saturated rings. The van der Waals surface area contributed by atoms with Crippen LogP contribution in [-0.2, 0) is 0 Å². The number of nitrogens with one attached hydrogen (secondary N) is 1. The predicted molar refractivity (Wildman–Crippen MR) is 90.1 cm³/mol. The van der Waals surface area contributed by atoms with Crippen LogP contribution in [0.4, 0.5) is 15.0 Å². The molecule has 1 aliphatic heterocycles. The molecule has 25 heavy (non-hydrogen) atoms. The number of carboxylic acid groups (broad SMARTS) is 1. The van der Waals surface area contributed by atoms with Crippen molar-refractivity contribution in [3.05, 3.63) is 47.2 Å². The number of benzene rings is 1. The number of rotatable bonds is 4. The molecule has 0 unspecified atom stereocenters. The van der Waals surface area contributed by atoms with Crippen molar-refractivity contribution in [2.24, 2.45) is 0 Å². The zero-order valence-corrected chi connectivity index (χ0v) is 14.1. The van der Waals surface area contributed by atoms with E-state index in [4.69, 9.17) is 5.11 Å². The fraction of sp³-hybridized carbons (Fsp3) is 0.412. The molecule has 3 rings (SSSR count). The summed E-state index contributed by atoms with van der Waals surface area (Å²) in [6.45, 7) is 4.61. The molecular formula is C17H20FN5O2. The van der Waals surface area contributed by atoms with Gasteiger partial charge in [0, 0.05) is 25.0 Å². The fourth-order valence-electron chi connectivity index (χ4n) is 2.97. The maximum Gasteiger partial charge on any atom is 0.407 e. The molecule has 1 saturated heterocycles. The molecule has 0 spiro atoms. The topological polar surface area (TPSA) is 91.2 Å². The van der Waals surface area contributed by atoms with E-state index in [0.29, 0.717) is 36.8 Å². The first-order valence-electron chi connectivity index (χ1n) is 8.15. The van der Waals surface area contributed by atoms with Gasteiger partial charge in [-0.15, -0.1) is 10.2 Å². The molecule has 132 valence electrons. The fourth-order valence-corrected chi connectivity index (χ4v) is 2.97. The third-order valence-corrected chi connectivity index (χ3v) is 4.40. The Bertz CT molecular complexity index is 768. The Hall–Kier alpha value is -2.77. The van der Waals surface area contributed by atoms with Gasteiger partial charge in [0.25, 0.3) is 0 Å². The molecule has 8 heteroatoms. The van der Waals surface area contributed by atoms with Gasteiger partial charge >= 0.3 is 6.09 Å². The molecule has 2 atom stereocenters. The first-order valence-corrected chi connectivity index (χ1v) is 8.15. The lowest BCUT2D eigenvalue weighted by atomic mass is 9.97. The first-order chi connectivity index (χ1) is 11.9. The number of carbonyl (C=O) groups is 1. The van der Waals surface area contributed by atoms with Gasteiger partial charge in [-0.3, -0.25) is 0 Å². The number of anilines is 1. The van der Waals surface area contributed by atoms with Crippen molar-refractivity contribution in [2.45, 2.75) is 32.2 Å². The standard InChI is InChI=1S/C17H20FN5O2/c1-10(12-3-5-13(18)6-4-12)15-16(19-11(2)21-22-15)20-14-7-8-23(9-14)17(24)25/h3-6,10,14H,7-9H2,1-2H3,(H,24,25)(H,19,20,21)/t10-,14-/m1/s1. The molecule has 0 bridgehead atoms. The third-order valence-electron chi connectivity index (χ3n) is 4.40. The highest BCUT2D eigenvalue weighted by molar-refractivity contribution is 5.65. The van der Waals surface area contributed by atoms with E-state index in [0.717, 1.165) is 5.56 Å². The Labute approximate surface area is 144 Å². The molecule has 1 aromatic heterocycles. The zero-order chi connectivity index (χ0) is 18.0. The van der Waals surface area contributed by atoms with Gasteiger partial charge in [-0.2, -0.15) is 0 Å². The lowest BCUT2D eigenvalue weighted by Crippen LogP contribution is -2.30. The van der Waals surface area contributed by atoms with Crippen LogP contribution in [0.15, 0.2) is 24.3 Å². The molecule has 1 aliphatic rings. The van der Waals surface area contributed by atoms with Crippen molar-refractivity contribution in [2.75, 3.05) is 18.4 Å². The van der Waals surface area contributed by atoms with E-state index in [1.807, 2.05) is 6.92 Å². The van der Waals surface area contributed by atoms with Crippen molar-refractivity contribution < 1.29 is 14.3 Å². The molecule has 7 nitrogen and oxygen atoms in total. The van der Waals surface area contributed by atoms with Crippen LogP contribution >= 0.6 is 0 Å². The summed E-state index contributed by atoms with van der Waals surface area (Å²) in [7, 11) is 0. The summed E-state index contributed by atoms with van der Waals surface area (Å²) in [5, 5.41) is 20.7. The molecule has 0 aliphatic carbocycles. The minimum Gasteiger partial charge on any atom is -0.465 e. The maximum absolute atomic E-state index is 13.2. The molecule has 0 radical (unpaired) electrons. The maximum atomic E-state index is 13.2. The van der Waals surface area contributed by atoms with Crippen molar-refractivity contribution in [1.82, 2.24) is 20.1 Å². The highest BCUT2D eigenvalue weighted by Gasteiger charge is 2.27. The average molecular weight is 345 g/mol. The summed E-state index contributed by atoms with van der Waals surface area (Å²) in [6, 6.07) is 6.23. The van der Waals surface area contributed by atoms with Crippen LogP contribution in [0.3, 0.4) is 0 Å². The van der Waals surface area contributed by atoms with E-state index in [9.17, 15) is 9.18 Å². The zero-order valence-electron chi connectivity index (χ0n) is 14.1. The number of halogens is 1. The van der Waals surface area contributed by atoms with Gasteiger partial charge in [-0.25, -0.2) is 14.2 Å². The number of aryl methyl sites for hydroxylation is 1. The number of nitrogens with zero attached hydrogens (tertiary/aromatic N) is 4. The van der Waals surface area contributed by atoms with Crippen LogP contribution in [0.25, 0.3) is 0 Å². The Morgan fingerprint density at radius 1 is 1.36 bits per heavy atom. The smallest absolute Gasteiger partial charge is 0.407 e. The van der Waals surface area contributed by atoms with Gasteiger partial charge in [0.15, 0.2) is 5.82 Å². The van der Waals surface area contributed by atoms with Crippen LogP contribution < -0.4 is 5.32 Å². The van der Waals surface area contributed by atoms with E-state index < -0.39 is 6.09 Å². The van der Waals surface area contributed by atoms with Crippen LogP contribution in [-0.4, -0.2) is 50.4 Å². The van der Waals surface area contributed by atoms with Crippen LogP contribution in [0.5, 0.6) is 0 Å². The second-order valence-electron chi connectivity index (χ2n) is 6.22. The number of hydrogen-bond acceptors (Lipinski definition) is 5. The van der Waals surface area contributed by atoms with Gasteiger partial charge in [0.05, 0.1) is 0 Å². The quantitative estimate of drug-likeness (QED) is 0.885. The number of aromatic nitrogens is 3. The molecule has 1 aromatic carbocycles. The van der Waals surface area contributed by atoms with Gasteiger partial charge in [-0.1, -0.05) is 19.1 Å². The largest absolute Gasteiger partial charge is 0.465 e. The van der Waals surface area contributed by atoms with E-state index in [2.05, 4.69) is 20.5 Å². The molecule has 1 amide bonds. The second-order valence-corrected chi connectivity index (χ2v) is 6.22. The Kier molecular flexibility index (Phi) is 4.78.